The Hall–Kier alpha value is -1.88. The molecule has 2 fully saturated rings. The van der Waals surface area contributed by atoms with Crippen LogP contribution in [0.25, 0.3) is 0 Å². The Balaban J connectivity index is 0.00000225. The minimum absolute atomic E-state index is 0. The number of anilines is 1. The molecule has 2 aliphatic heterocycles. The number of piperidine rings is 1. The van der Waals surface area contributed by atoms with Gasteiger partial charge in [-0.05, 0) is 54.9 Å². The second kappa shape index (κ2) is 10.1. The first-order valence-electron chi connectivity index (χ1n) is 10.0. The molecule has 0 radical (unpaired) electrons. The zero-order valence-corrected chi connectivity index (χ0v) is 16.9. The van der Waals surface area contributed by atoms with Gasteiger partial charge in [-0.15, -0.1) is 12.4 Å². The van der Waals surface area contributed by atoms with E-state index in [0.717, 1.165) is 24.1 Å². The molecule has 28 heavy (non-hydrogen) atoms. The largest absolute Gasteiger partial charge is 0.372 e. The number of halogens is 1. The van der Waals surface area contributed by atoms with Crippen molar-refractivity contribution in [1.29, 1.82) is 0 Å². The number of carbonyl (C=O) groups excluding carboxylic acids is 1. The molecular formula is C23H29ClN2O2. The molecule has 4 rings (SSSR count). The summed E-state index contributed by atoms with van der Waals surface area (Å²) in [6, 6.07) is 19.4. The zero-order chi connectivity index (χ0) is 18.5. The summed E-state index contributed by atoms with van der Waals surface area (Å²) >= 11 is 0. The molecule has 2 atom stereocenters. The van der Waals surface area contributed by atoms with Crippen LogP contribution < -0.4 is 10.6 Å². The lowest BCUT2D eigenvalue weighted by molar-refractivity contribution is -0.117. The second-order valence-electron chi connectivity index (χ2n) is 7.90. The number of nitrogens with one attached hydrogen (secondary N) is 2. The second-order valence-corrected chi connectivity index (χ2v) is 7.90. The third kappa shape index (κ3) is 5.81. The van der Waals surface area contributed by atoms with Gasteiger partial charge >= 0.3 is 0 Å². The lowest BCUT2D eigenvalue weighted by Gasteiger charge is -2.28. The molecular weight excluding hydrogens is 372 g/mol. The average molecular weight is 401 g/mol. The van der Waals surface area contributed by atoms with Crippen molar-refractivity contribution < 1.29 is 9.53 Å². The van der Waals surface area contributed by atoms with Crippen LogP contribution in [0.15, 0.2) is 54.6 Å². The molecule has 0 saturated carbocycles. The Morgan fingerprint density at radius 1 is 0.929 bits per heavy atom. The van der Waals surface area contributed by atoms with Crippen LogP contribution in [0.5, 0.6) is 0 Å². The number of fused-ring (bicyclic) bond motifs is 2. The highest BCUT2D eigenvalue weighted by Crippen LogP contribution is 2.32. The topological polar surface area (TPSA) is 50.4 Å². The SMILES string of the molecule is Cl.O=C(CC1CC2CCC(C1)N2)Nc1ccc(COCc2ccccc2)cc1. The lowest BCUT2D eigenvalue weighted by Crippen LogP contribution is -2.39. The third-order valence-corrected chi connectivity index (χ3v) is 5.66. The molecule has 4 nitrogen and oxygen atoms in total. The molecule has 0 spiro atoms. The van der Waals surface area contributed by atoms with E-state index in [-0.39, 0.29) is 18.3 Å². The van der Waals surface area contributed by atoms with Crippen molar-refractivity contribution in [3.63, 3.8) is 0 Å². The van der Waals surface area contributed by atoms with E-state index in [9.17, 15) is 4.79 Å². The van der Waals surface area contributed by atoms with Crippen molar-refractivity contribution in [2.24, 2.45) is 5.92 Å². The van der Waals surface area contributed by atoms with Gasteiger partial charge in [0.25, 0.3) is 0 Å². The fourth-order valence-electron chi connectivity index (χ4n) is 4.36. The van der Waals surface area contributed by atoms with Gasteiger partial charge in [-0.25, -0.2) is 0 Å². The lowest BCUT2D eigenvalue weighted by atomic mass is 9.89. The minimum Gasteiger partial charge on any atom is -0.372 e. The van der Waals surface area contributed by atoms with E-state index in [1.54, 1.807) is 0 Å². The number of benzene rings is 2. The minimum atomic E-state index is 0. The van der Waals surface area contributed by atoms with Crippen LogP contribution in [-0.2, 0) is 22.7 Å². The van der Waals surface area contributed by atoms with Crippen molar-refractivity contribution >= 4 is 24.0 Å². The Morgan fingerprint density at radius 3 is 2.18 bits per heavy atom. The van der Waals surface area contributed by atoms with Crippen LogP contribution in [0.1, 0.15) is 43.2 Å². The summed E-state index contributed by atoms with van der Waals surface area (Å²) in [6.45, 7) is 1.18. The highest BCUT2D eigenvalue weighted by molar-refractivity contribution is 5.90. The number of hydrogen-bond donors (Lipinski definition) is 2. The molecule has 2 aromatic carbocycles. The van der Waals surface area contributed by atoms with Crippen molar-refractivity contribution in [2.75, 3.05) is 5.32 Å². The summed E-state index contributed by atoms with van der Waals surface area (Å²) in [5, 5.41) is 6.68. The Labute approximate surface area is 173 Å². The average Bonchev–Trinajstić information content (AvgIpc) is 3.02. The normalized spacial score (nSPS) is 23.1. The molecule has 0 aliphatic carbocycles. The zero-order valence-electron chi connectivity index (χ0n) is 16.1. The summed E-state index contributed by atoms with van der Waals surface area (Å²) in [5.41, 5.74) is 3.15. The van der Waals surface area contributed by atoms with E-state index in [4.69, 9.17) is 4.74 Å². The number of amides is 1. The van der Waals surface area contributed by atoms with Gasteiger partial charge < -0.3 is 15.4 Å². The Kier molecular flexibility index (Phi) is 7.49. The quantitative estimate of drug-likeness (QED) is 0.709. The first-order valence-corrected chi connectivity index (χ1v) is 10.0. The molecule has 1 amide bonds. The standard InChI is InChI=1S/C23H28N2O2.ClH/c26-23(14-19-12-21-10-11-22(13-19)24-21)25-20-8-6-18(7-9-20)16-27-15-17-4-2-1-3-5-17;/h1-9,19,21-22,24H,10-16H2,(H,25,26);1H. The molecule has 0 aromatic heterocycles. The molecule has 2 unspecified atom stereocenters. The van der Waals surface area contributed by atoms with Gasteiger partial charge in [0.1, 0.15) is 0 Å². The first kappa shape index (κ1) is 20.8. The maximum absolute atomic E-state index is 12.4. The summed E-state index contributed by atoms with van der Waals surface area (Å²) in [6.07, 6.45) is 5.47. The predicted octanol–water partition coefficient (Wildman–Crippen LogP) is 4.68. The van der Waals surface area contributed by atoms with Crippen LogP contribution in [0.3, 0.4) is 0 Å². The summed E-state index contributed by atoms with van der Waals surface area (Å²) in [7, 11) is 0. The summed E-state index contributed by atoms with van der Waals surface area (Å²) < 4.78 is 5.76. The molecule has 2 N–H and O–H groups in total. The highest BCUT2D eigenvalue weighted by atomic mass is 35.5. The van der Waals surface area contributed by atoms with Gasteiger partial charge in [0.05, 0.1) is 13.2 Å². The molecule has 2 bridgehead atoms. The van der Waals surface area contributed by atoms with E-state index >= 15 is 0 Å². The Bertz CT molecular complexity index is 739. The van der Waals surface area contributed by atoms with Crippen molar-refractivity contribution in [1.82, 2.24) is 5.32 Å². The first-order chi connectivity index (χ1) is 13.2. The monoisotopic (exact) mass is 400 g/mol. The number of ether oxygens (including phenoxy) is 1. The number of rotatable bonds is 7. The maximum atomic E-state index is 12.4. The van der Waals surface area contributed by atoms with Gasteiger partial charge in [0, 0.05) is 24.2 Å². The van der Waals surface area contributed by atoms with Crippen LogP contribution in [0, 0.1) is 5.92 Å². The van der Waals surface area contributed by atoms with E-state index in [2.05, 4.69) is 22.8 Å². The van der Waals surface area contributed by atoms with E-state index < -0.39 is 0 Å². The van der Waals surface area contributed by atoms with Crippen molar-refractivity contribution in [2.45, 2.75) is 57.4 Å². The molecule has 2 heterocycles. The van der Waals surface area contributed by atoms with Crippen LogP contribution in [0.2, 0.25) is 0 Å². The fraction of sp³-hybridized carbons (Fsp3) is 0.435. The fourth-order valence-corrected chi connectivity index (χ4v) is 4.36. The van der Waals surface area contributed by atoms with Crippen LogP contribution in [-0.4, -0.2) is 18.0 Å². The smallest absolute Gasteiger partial charge is 0.224 e. The van der Waals surface area contributed by atoms with E-state index in [0.29, 0.717) is 37.6 Å². The third-order valence-electron chi connectivity index (χ3n) is 5.66. The maximum Gasteiger partial charge on any atom is 0.224 e. The van der Waals surface area contributed by atoms with Crippen LogP contribution in [0.4, 0.5) is 5.69 Å². The van der Waals surface area contributed by atoms with Crippen molar-refractivity contribution in [3.05, 3.63) is 65.7 Å². The molecule has 2 aliphatic rings. The molecule has 150 valence electrons. The van der Waals surface area contributed by atoms with E-state index in [1.165, 1.54) is 18.4 Å². The number of hydrogen-bond acceptors (Lipinski definition) is 3. The highest BCUT2D eigenvalue weighted by Gasteiger charge is 2.34. The number of carbonyl (C=O) groups is 1. The van der Waals surface area contributed by atoms with Gasteiger partial charge in [-0.2, -0.15) is 0 Å². The van der Waals surface area contributed by atoms with Gasteiger partial charge in [-0.3, -0.25) is 4.79 Å². The molecule has 2 saturated heterocycles. The molecule has 2 aromatic rings. The van der Waals surface area contributed by atoms with Gasteiger partial charge in [-0.1, -0.05) is 42.5 Å². The summed E-state index contributed by atoms with van der Waals surface area (Å²) in [4.78, 5) is 12.4. The van der Waals surface area contributed by atoms with Gasteiger partial charge in [0.15, 0.2) is 0 Å². The van der Waals surface area contributed by atoms with Crippen molar-refractivity contribution in [3.8, 4) is 0 Å². The summed E-state index contributed by atoms with van der Waals surface area (Å²) in [5.74, 6) is 0.656. The van der Waals surface area contributed by atoms with Gasteiger partial charge in [0.2, 0.25) is 5.91 Å². The van der Waals surface area contributed by atoms with E-state index in [1.807, 2.05) is 42.5 Å². The predicted molar refractivity (Wildman–Crippen MR) is 115 cm³/mol. The Morgan fingerprint density at radius 2 is 1.54 bits per heavy atom. The van der Waals surface area contributed by atoms with Crippen LogP contribution >= 0.6 is 12.4 Å². The molecule has 5 heteroatoms.